The standard InChI is InChI=1S/C25H38O3/c1-15(13-16(2)23(27)28)20-7-8-21-19-6-5-17-14-18(26)9-11-24(17,3)22(19)10-12-25(20,21)4/h14-16,19-22H,5-13H2,1-4H3,(H,27,28)/t15-,16?,19+,20-,21+,22+,24+,25-/m1/s1. The number of hydrogen-bond donors (Lipinski definition) is 1. The maximum absolute atomic E-state index is 12.0. The van der Waals surface area contributed by atoms with E-state index in [0.717, 1.165) is 43.4 Å². The van der Waals surface area contributed by atoms with Gasteiger partial charge in [0, 0.05) is 6.42 Å². The first-order valence-electron chi connectivity index (χ1n) is 11.6. The van der Waals surface area contributed by atoms with Gasteiger partial charge in [0.2, 0.25) is 0 Å². The Kier molecular flexibility index (Phi) is 5.03. The summed E-state index contributed by atoms with van der Waals surface area (Å²) in [5.74, 6) is 2.92. The van der Waals surface area contributed by atoms with Crippen LogP contribution in [-0.4, -0.2) is 16.9 Å². The fraction of sp³-hybridized carbons (Fsp3) is 0.840. The molecule has 0 aliphatic heterocycles. The number of allylic oxidation sites excluding steroid dienone is 1. The summed E-state index contributed by atoms with van der Waals surface area (Å²) in [7, 11) is 0. The van der Waals surface area contributed by atoms with Crippen LogP contribution in [0.4, 0.5) is 0 Å². The average Bonchev–Trinajstić information content (AvgIpc) is 2.99. The van der Waals surface area contributed by atoms with Crippen LogP contribution >= 0.6 is 0 Å². The zero-order valence-electron chi connectivity index (χ0n) is 18.2. The second-order valence-corrected chi connectivity index (χ2v) is 11.1. The molecule has 4 aliphatic carbocycles. The Morgan fingerprint density at radius 2 is 1.86 bits per heavy atom. The van der Waals surface area contributed by atoms with Gasteiger partial charge in [-0.1, -0.05) is 33.3 Å². The molecule has 1 N–H and O–H groups in total. The maximum atomic E-state index is 12.0. The lowest BCUT2D eigenvalue weighted by atomic mass is 9.46. The van der Waals surface area contributed by atoms with Crippen molar-refractivity contribution in [2.75, 3.05) is 0 Å². The summed E-state index contributed by atoms with van der Waals surface area (Å²) < 4.78 is 0. The van der Waals surface area contributed by atoms with Crippen molar-refractivity contribution in [1.82, 2.24) is 0 Å². The Balaban J connectivity index is 1.55. The highest BCUT2D eigenvalue weighted by Crippen LogP contribution is 2.67. The minimum Gasteiger partial charge on any atom is -0.481 e. The van der Waals surface area contributed by atoms with Gasteiger partial charge >= 0.3 is 5.97 Å². The Hall–Kier alpha value is -1.12. The van der Waals surface area contributed by atoms with Crippen LogP contribution in [0.25, 0.3) is 0 Å². The van der Waals surface area contributed by atoms with Crippen molar-refractivity contribution in [2.24, 2.45) is 46.3 Å². The number of carbonyl (C=O) groups is 2. The number of hydrogen-bond acceptors (Lipinski definition) is 2. The van der Waals surface area contributed by atoms with Gasteiger partial charge in [-0.05, 0) is 97.9 Å². The third-order valence-electron chi connectivity index (χ3n) is 9.87. The summed E-state index contributed by atoms with van der Waals surface area (Å²) >= 11 is 0. The molecule has 0 bridgehead atoms. The van der Waals surface area contributed by atoms with Crippen LogP contribution in [0.3, 0.4) is 0 Å². The minimum atomic E-state index is -0.651. The normalized spacial score (nSPS) is 44.7. The van der Waals surface area contributed by atoms with Crippen molar-refractivity contribution in [1.29, 1.82) is 0 Å². The molecular formula is C25H38O3. The number of fused-ring (bicyclic) bond motifs is 5. The number of carbonyl (C=O) groups excluding carboxylic acids is 1. The zero-order chi connectivity index (χ0) is 20.3. The molecule has 3 nitrogen and oxygen atoms in total. The first kappa shape index (κ1) is 20.2. The highest BCUT2D eigenvalue weighted by Gasteiger charge is 2.59. The lowest BCUT2D eigenvalue weighted by molar-refractivity contribution is -0.142. The molecule has 3 heteroatoms. The van der Waals surface area contributed by atoms with E-state index in [1.165, 1.54) is 37.7 Å². The van der Waals surface area contributed by atoms with E-state index >= 15 is 0 Å². The highest BCUT2D eigenvalue weighted by atomic mass is 16.4. The van der Waals surface area contributed by atoms with E-state index in [4.69, 9.17) is 0 Å². The van der Waals surface area contributed by atoms with Crippen LogP contribution in [0.1, 0.15) is 85.5 Å². The van der Waals surface area contributed by atoms with Crippen LogP contribution in [0.2, 0.25) is 0 Å². The molecular weight excluding hydrogens is 348 g/mol. The number of ketones is 1. The Morgan fingerprint density at radius 1 is 1.11 bits per heavy atom. The Bertz CT molecular complexity index is 694. The van der Waals surface area contributed by atoms with Gasteiger partial charge in [0.1, 0.15) is 0 Å². The SMILES string of the molecule is CC(C[C@@H](C)[C@H]1CC[C@H]2[C@@H]3CCC4=CC(=O)CC[C@]4(C)[C@H]3CC[C@]12C)C(=O)O. The molecule has 0 aromatic heterocycles. The molecule has 156 valence electrons. The highest BCUT2D eigenvalue weighted by molar-refractivity contribution is 5.91. The topological polar surface area (TPSA) is 54.4 Å². The second-order valence-electron chi connectivity index (χ2n) is 11.1. The Morgan fingerprint density at radius 3 is 2.57 bits per heavy atom. The molecule has 0 saturated heterocycles. The summed E-state index contributed by atoms with van der Waals surface area (Å²) in [6.45, 7) is 9.16. The molecule has 0 aromatic rings. The smallest absolute Gasteiger partial charge is 0.306 e. The van der Waals surface area contributed by atoms with Crippen molar-refractivity contribution in [3.63, 3.8) is 0 Å². The molecule has 8 atom stereocenters. The van der Waals surface area contributed by atoms with Crippen molar-refractivity contribution in [3.05, 3.63) is 11.6 Å². The van der Waals surface area contributed by atoms with Crippen LogP contribution in [0.15, 0.2) is 11.6 Å². The molecule has 4 aliphatic rings. The first-order valence-corrected chi connectivity index (χ1v) is 11.6. The molecule has 4 rings (SSSR count). The summed E-state index contributed by atoms with van der Waals surface area (Å²) in [4.78, 5) is 23.4. The maximum Gasteiger partial charge on any atom is 0.306 e. The van der Waals surface area contributed by atoms with Gasteiger partial charge in [0.05, 0.1) is 5.92 Å². The minimum absolute atomic E-state index is 0.241. The van der Waals surface area contributed by atoms with Gasteiger partial charge in [-0.2, -0.15) is 0 Å². The summed E-state index contributed by atoms with van der Waals surface area (Å²) in [5, 5.41) is 9.35. The molecule has 0 radical (unpaired) electrons. The number of rotatable bonds is 4. The summed E-state index contributed by atoms with van der Waals surface area (Å²) in [5.41, 5.74) is 2.08. The number of carboxylic acid groups (broad SMARTS) is 1. The van der Waals surface area contributed by atoms with E-state index in [-0.39, 0.29) is 11.3 Å². The fourth-order valence-electron chi connectivity index (χ4n) is 8.36. The molecule has 3 fully saturated rings. The molecule has 0 amide bonds. The zero-order valence-corrected chi connectivity index (χ0v) is 18.2. The van der Waals surface area contributed by atoms with Crippen molar-refractivity contribution >= 4 is 11.8 Å². The second kappa shape index (κ2) is 6.99. The van der Waals surface area contributed by atoms with Gasteiger partial charge in [-0.15, -0.1) is 0 Å². The van der Waals surface area contributed by atoms with Gasteiger partial charge in [0.25, 0.3) is 0 Å². The lowest BCUT2D eigenvalue weighted by Crippen LogP contribution is -2.51. The lowest BCUT2D eigenvalue weighted by Gasteiger charge is -2.58. The van der Waals surface area contributed by atoms with E-state index in [9.17, 15) is 14.7 Å². The molecule has 0 heterocycles. The van der Waals surface area contributed by atoms with Crippen molar-refractivity contribution in [3.8, 4) is 0 Å². The van der Waals surface area contributed by atoms with Crippen LogP contribution < -0.4 is 0 Å². The van der Waals surface area contributed by atoms with Crippen LogP contribution in [0.5, 0.6) is 0 Å². The third kappa shape index (κ3) is 2.99. The van der Waals surface area contributed by atoms with Gasteiger partial charge in [-0.25, -0.2) is 0 Å². The largest absolute Gasteiger partial charge is 0.481 e. The van der Waals surface area contributed by atoms with Gasteiger partial charge in [-0.3, -0.25) is 9.59 Å². The number of carboxylic acids is 1. The van der Waals surface area contributed by atoms with E-state index in [0.29, 0.717) is 23.0 Å². The van der Waals surface area contributed by atoms with E-state index < -0.39 is 5.97 Å². The van der Waals surface area contributed by atoms with E-state index in [1.54, 1.807) is 0 Å². The summed E-state index contributed by atoms with van der Waals surface area (Å²) in [6, 6.07) is 0. The van der Waals surface area contributed by atoms with Crippen molar-refractivity contribution in [2.45, 2.75) is 85.5 Å². The molecule has 1 unspecified atom stereocenters. The van der Waals surface area contributed by atoms with Crippen LogP contribution in [0, 0.1) is 46.3 Å². The quantitative estimate of drug-likeness (QED) is 0.656. The Labute approximate surface area is 170 Å². The molecule has 0 spiro atoms. The fourth-order valence-corrected chi connectivity index (χ4v) is 8.36. The predicted molar refractivity (Wildman–Crippen MR) is 111 cm³/mol. The van der Waals surface area contributed by atoms with Gasteiger partial charge in [0.15, 0.2) is 5.78 Å². The third-order valence-corrected chi connectivity index (χ3v) is 9.87. The molecule has 3 saturated carbocycles. The van der Waals surface area contributed by atoms with Crippen molar-refractivity contribution < 1.29 is 14.7 Å². The monoisotopic (exact) mass is 386 g/mol. The number of aliphatic carboxylic acids is 1. The molecule has 28 heavy (non-hydrogen) atoms. The summed E-state index contributed by atoms with van der Waals surface area (Å²) in [6.07, 6.45) is 12.1. The molecule has 0 aromatic carbocycles. The predicted octanol–water partition coefficient (Wildman–Crippen LogP) is 5.88. The van der Waals surface area contributed by atoms with Crippen LogP contribution in [-0.2, 0) is 9.59 Å². The van der Waals surface area contributed by atoms with Gasteiger partial charge < -0.3 is 5.11 Å². The van der Waals surface area contributed by atoms with E-state index in [2.05, 4.69) is 20.8 Å². The van der Waals surface area contributed by atoms with E-state index in [1.807, 2.05) is 13.0 Å². The first-order chi connectivity index (χ1) is 13.2. The average molecular weight is 387 g/mol.